The van der Waals surface area contributed by atoms with Crippen molar-refractivity contribution in [3.05, 3.63) is 47.9 Å². The van der Waals surface area contributed by atoms with E-state index in [1.54, 1.807) is 12.1 Å². The third kappa shape index (κ3) is 2.84. The Hall–Kier alpha value is -2.39. The first-order valence-electron chi connectivity index (χ1n) is 4.92. The van der Waals surface area contributed by atoms with Crippen molar-refractivity contribution in [3.8, 4) is 6.07 Å². The molecule has 6 heteroatoms. The Morgan fingerprint density at radius 1 is 1.28 bits per heavy atom. The molecule has 1 N–H and O–H groups in total. The number of carboxylic acid groups (broad SMARTS) is 1. The van der Waals surface area contributed by atoms with E-state index in [1.165, 1.54) is 36.3 Å². The van der Waals surface area contributed by atoms with Gasteiger partial charge < -0.3 is 5.11 Å². The van der Waals surface area contributed by atoms with Gasteiger partial charge in [-0.25, -0.2) is 14.8 Å². The smallest absolute Gasteiger partial charge is 0.335 e. The van der Waals surface area contributed by atoms with Crippen LogP contribution in [0.25, 0.3) is 0 Å². The number of carbonyl (C=O) groups is 1. The molecule has 0 fully saturated rings. The van der Waals surface area contributed by atoms with E-state index in [1.807, 2.05) is 6.07 Å². The fraction of sp³-hybridized carbons (Fsp3) is 0. The lowest BCUT2D eigenvalue weighted by Crippen LogP contribution is -1.96. The van der Waals surface area contributed by atoms with Crippen LogP contribution in [-0.2, 0) is 0 Å². The Kier molecular flexibility index (Phi) is 3.55. The summed E-state index contributed by atoms with van der Waals surface area (Å²) < 4.78 is 0. The predicted molar refractivity (Wildman–Crippen MR) is 64.3 cm³/mol. The van der Waals surface area contributed by atoms with Crippen LogP contribution in [0.1, 0.15) is 16.1 Å². The van der Waals surface area contributed by atoms with Gasteiger partial charge in [0.1, 0.15) is 16.8 Å². The van der Waals surface area contributed by atoms with Gasteiger partial charge in [0.05, 0.1) is 5.56 Å². The number of hydrogen-bond acceptors (Lipinski definition) is 5. The lowest BCUT2D eigenvalue weighted by atomic mass is 10.3. The van der Waals surface area contributed by atoms with Crippen LogP contribution in [0.5, 0.6) is 0 Å². The Morgan fingerprint density at radius 3 is 2.78 bits per heavy atom. The second-order valence-electron chi connectivity index (χ2n) is 3.28. The largest absolute Gasteiger partial charge is 0.478 e. The number of aromatic nitrogens is 2. The monoisotopic (exact) mass is 257 g/mol. The fourth-order valence-corrected chi connectivity index (χ4v) is 2.10. The van der Waals surface area contributed by atoms with Gasteiger partial charge in [0, 0.05) is 17.3 Å². The molecule has 0 radical (unpaired) electrons. The van der Waals surface area contributed by atoms with Crippen LogP contribution in [0.15, 0.2) is 46.6 Å². The molecule has 2 rings (SSSR count). The van der Waals surface area contributed by atoms with E-state index in [0.717, 1.165) is 4.90 Å². The zero-order valence-corrected chi connectivity index (χ0v) is 9.89. The summed E-state index contributed by atoms with van der Waals surface area (Å²) in [5.74, 6) is -0.994. The van der Waals surface area contributed by atoms with E-state index in [0.29, 0.717) is 10.7 Å². The highest BCUT2D eigenvalue weighted by molar-refractivity contribution is 7.99. The van der Waals surface area contributed by atoms with Crippen LogP contribution in [0.4, 0.5) is 0 Å². The summed E-state index contributed by atoms with van der Waals surface area (Å²) >= 11 is 1.28. The van der Waals surface area contributed by atoms with Crippen LogP contribution in [0.2, 0.25) is 0 Å². The summed E-state index contributed by atoms with van der Waals surface area (Å²) in [5.41, 5.74) is 0.497. The molecule has 0 saturated heterocycles. The minimum atomic E-state index is -0.994. The lowest BCUT2D eigenvalue weighted by Gasteiger charge is -2.01. The molecule has 88 valence electrons. The van der Waals surface area contributed by atoms with E-state index < -0.39 is 5.97 Å². The molecule has 0 aliphatic rings. The van der Waals surface area contributed by atoms with E-state index >= 15 is 0 Å². The third-order valence-electron chi connectivity index (χ3n) is 2.05. The molecular formula is C12H7N3O2S. The molecule has 0 unspecified atom stereocenters. The van der Waals surface area contributed by atoms with Crippen LogP contribution in [0, 0.1) is 11.3 Å². The van der Waals surface area contributed by atoms with Crippen molar-refractivity contribution in [1.29, 1.82) is 5.26 Å². The molecule has 0 aromatic carbocycles. The van der Waals surface area contributed by atoms with Gasteiger partial charge >= 0.3 is 5.97 Å². The SMILES string of the molecule is N#Cc1cc(Sc2cc(C(=O)O)ccn2)ccn1. The Labute approximate surface area is 107 Å². The second kappa shape index (κ2) is 5.29. The van der Waals surface area contributed by atoms with Crippen molar-refractivity contribution in [2.45, 2.75) is 9.92 Å². The highest BCUT2D eigenvalue weighted by atomic mass is 32.2. The topological polar surface area (TPSA) is 86.9 Å². The molecule has 18 heavy (non-hydrogen) atoms. The second-order valence-corrected chi connectivity index (χ2v) is 4.37. The van der Waals surface area contributed by atoms with Crippen LogP contribution in [0.3, 0.4) is 0 Å². The lowest BCUT2D eigenvalue weighted by molar-refractivity contribution is 0.0696. The zero-order valence-electron chi connectivity index (χ0n) is 9.07. The van der Waals surface area contributed by atoms with Crippen molar-refractivity contribution in [3.63, 3.8) is 0 Å². The van der Waals surface area contributed by atoms with Gasteiger partial charge in [-0.1, -0.05) is 11.8 Å². The van der Waals surface area contributed by atoms with Crippen LogP contribution < -0.4 is 0 Å². The molecule has 5 nitrogen and oxygen atoms in total. The quantitative estimate of drug-likeness (QED) is 0.906. The number of nitrogens with zero attached hydrogens (tertiary/aromatic N) is 3. The maximum absolute atomic E-state index is 10.8. The molecule has 0 amide bonds. The van der Waals surface area contributed by atoms with Crippen molar-refractivity contribution in [2.75, 3.05) is 0 Å². The number of pyridine rings is 2. The summed E-state index contributed by atoms with van der Waals surface area (Å²) in [5, 5.41) is 18.2. The molecule has 0 atom stereocenters. The van der Waals surface area contributed by atoms with Crippen molar-refractivity contribution < 1.29 is 9.90 Å². The zero-order chi connectivity index (χ0) is 13.0. The van der Waals surface area contributed by atoms with Gasteiger partial charge in [-0.3, -0.25) is 0 Å². The van der Waals surface area contributed by atoms with Crippen molar-refractivity contribution in [2.24, 2.45) is 0 Å². The average Bonchev–Trinajstić information content (AvgIpc) is 2.39. The Morgan fingerprint density at radius 2 is 2.06 bits per heavy atom. The summed E-state index contributed by atoms with van der Waals surface area (Å²) in [4.78, 5) is 19.5. The van der Waals surface area contributed by atoms with Crippen LogP contribution >= 0.6 is 11.8 Å². The summed E-state index contributed by atoms with van der Waals surface area (Å²) in [6.07, 6.45) is 2.97. The highest BCUT2D eigenvalue weighted by Gasteiger charge is 2.06. The standard InChI is InChI=1S/C12H7N3O2S/c13-7-9-6-10(2-4-14-9)18-11-5-8(12(16)17)1-3-15-11/h1-6H,(H,16,17). The average molecular weight is 257 g/mol. The van der Waals surface area contributed by atoms with Gasteiger partial charge in [0.25, 0.3) is 0 Å². The summed E-state index contributed by atoms with van der Waals surface area (Å²) in [7, 11) is 0. The maximum Gasteiger partial charge on any atom is 0.335 e. The van der Waals surface area contributed by atoms with E-state index in [-0.39, 0.29) is 5.56 Å². The van der Waals surface area contributed by atoms with E-state index in [2.05, 4.69) is 9.97 Å². The first kappa shape index (κ1) is 12.1. The van der Waals surface area contributed by atoms with Crippen LogP contribution in [-0.4, -0.2) is 21.0 Å². The normalized spacial score (nSPS) is 9.72. The molecule has 2 aromatic heterocycles. The predicted octanol–water partition coefficient (Wildman–Crippen LogP) is 2.20. The molecule has 2 heterocycles. The number of carboxylic acids is 1. The highest BCUT2D eigenvalue weighted by Crippen LogP contribution is 2.26. The summed E-state index contributed by atoms with van der Waals surface area (Å²) in [6, 6.07) is 8.22. The number of nitriles is 1. The minimum Gasteiger partial charge on any atom is -0.478 e. The Bertz CT molecular complexity index is 637. The Balaban J connectivity index is 2.26. The van der Waals surface area contributed by atoms with Gasteiger partial charge in [0.15, 0.2) is 0 Å². The fourth-order valence-electron chi connectivity index (χ4n) is 1.25. The molecule has 0 saturated carbocycles. The number of rotatable bonds is 3. The van der Waals surface area contributed by atoms with Crippen molar-refractivity contribution >= 4 is 17.7 Å². The van der Waals surface area contributed by atoms with Gasteiger partial charge in [-0.05, 0) is 24.3 Å². The van der Waals surface area contributed by atoms with Gasteiger partial charge in [-0.15, -0.1) is 0 Å². The molecule has 0 aliphatic carbocycles. The minimum absolute atomic E-state index is 0.182. The summed E-state index contributed by atoms with van der Waals surface area (Å²) in [6.45, 7) is 0. The number of hydrogen-bond donors (Lipinski definition) is 1. The van der Waals surface area contributed by atoms with E-state index in [4.69, 9.17) is 10.4 Å². The van der Waals surface area contributed by atoms with Gasteiger partial charge in [0.2, 0.25) is 0 Å². The van der Waals surface area contributed by atoms with Crippen molar-refractivity contribution in [1.82, 2.24) is 9.97 Å². The molecule has 0 bridgehead atoms. The first-order valence-corrected chi connectivity index (χ1v) is 5.74. The third-order valence-corrected chi connectivity index (χ3v) is 2.97. The maximum atomic E-state index is 10.8. The molecule has 2 aromatic rings. The molecule has 0 spiro atoms. The van der Waals surface area contributed by atoms with Gasteiger partial charge in [-0.2, -0.15) is 5.26 Å². The van der Waals surface area contributed by atoms with E-state index in [9.17, 15) is 4.79 Å². The number of aromatic carboxylic acids is 1. The molecular weight excluding hydrogens is 250 g/mol. The first-order chi connectivity index (χ1) is 8.69. The molecule has 0 aliphatic heterocycles.